The first kappa shape index (κ1) is 12.6. The van der Waals surface area contributed by atoms with E-state index in [4.69, 9.17) is 10.8 Å². The van der Waals surface area contributed by atoms with Crippen LogP contribution in [-0.2, 0) is 0 Å². The zero-order valence-corrected chi connectivity index (χ0v) is 11.0. The van der Waals surface area contributed by atoms with Crippen LogP contribution in [-0.4, -0.2) is 16.1 Å². The van der Waals surface area contributed by atoms with E-state index in [1.807, 2.05) is 26.0 Å². The van der Waals surface area contributed by atoms with Gasteiger partial charge in [-0.2, -0.15) is 0 Å². The molecule has 0 bridgehead atoms. The van der Waals surface area contributed by atoms with E-state index in [-0.39, 0.29) is 10.8 Å². The monoisotopic (exact) mass is 262 g/mol. The summed E-state index contributed by atoms with van der Waals surface area (Å²) in [7, 11) is 0. The fourth-order valence-corrected chi connectivity index (χ4v) is 3.11. The molecule has 0 saturated carbocycles. The van der Waals surface area contributed by atoms with Crippen molar-refractivity contribution in [3.63, 3.8) is 0 Å². The second-order valence-corrected chi connectivity index (χ2v) is 5.31. The summed E-state index contributed by atoms with van der Waals surface area (Å²) >= 11 is 1.21. The van der Waals surface area contributed by atoms with Crippen molar-refractivity contribution < 1.29 is 9.90 Å². The Morgan fingerprint density at radius 3 is 2.72 bits per heavy atom. The summed E-state index contributed by atoms with van der Waals surface area (Å²) in [6.07, 6.45) is 3.41. The van der Waals surface area contributed by atoms with Gasteiger partial charge in [-0.25, -0.2) is 4.79 Å². The van der Waals surface area contributed by atoms with Gasteiger partial charge in [-0.1, -0.05) is 19.9 Å². The van der Waals surface area contributed by atoms with Crippen LogP contribution in [0.5, 0.6) is 0 Å². The minimum atomic E-state index is -0.977. The van der Waals surface area contributed by atoms with Gasteiger partial charge < -0.3 is 10.8 Å². The molecule has 0 saturated heterocycles. The summed E-state index contributed by atoms with van der Waals surface area (Å²) in [5.41, 5.74) is 8.13. The van der Waals surface area contributed by atoms with Crippen molar-refractivity contribution in [1.29, 1.82) is 0 Å². The van der Waals surface area contributed by atoms with E-state index < -0.39 is 5.97 Å². The predicted octanol–water partition coefficient (Wildman–Crippen LogP) is 3.21. The number of hydrogen-bond donors (Lipinski definition) is 2. The van der Waals surface area contributed by atoms with Crippen molar-refractivity contribution in [2.24, 2.45) is 0 Å². The normalized spacial score (nSPS) is 10.8. The summed E-state index contributed by atoms with van der Waals surface area (Å²) in [5, 5.41) is 9.15. The molecule has 2 heterocycles. The second kappa shape index (κ2) is 4.78. The molecule has 0 amide bonds. The molecule has 0 atom stereocenters. The molecule has 0 unspecified atom stereocenters. The van der Waals surface area contributed by atoms with Crippen LogP contribution in [0.4, 0.5) is 5.69 Å². The lowest BCUT2D eigenvalue weighted by Gasteiger charge is -2.08. The Kier molecular flexibility index (Phi) is 3.34. The average molecular weight is 262 g/mol. The third-order valence-corrected chi connectivity index (χ3v) is 3.94. The standard InChI is InChI=1S/C13H14N2O2S/c1-7(2)9-10(14)12(13(16)17)18-11(9)8-4-3-5-15-6-8/h3-7H,14H2,1-2H3,(H,16,17). The molecule has 0 aliphatic carbocycles. The second-order valence-electron chi connectivity index (χ2n) is 4.29. The van der Waals surface area contributed by atoms with Crippen molar-refractivity contribution in [2.45, 2.75) is 19.8 Å². The van der Waals surface area contributed by atoms with Crippen molar-refractivity contribution in [3.8, 4) is 10.4 Å². The first-order chi connectivity index (χ1) is 8.52. The van der Waals surface area contributed by atoms with Gasteiger partial charge in [-0.3, -0.25) is 4.98 Å². The van der Waals surface area contributed by atoms with Gasteiger partial charge in [0, 0.05) is 22.8 Å². The lowest BCUT2D eigenvalue weighted by molar-refractivity contribution is 0.0703. The summed E-state index contributed by atoms with van der Waals surface area (Å²) < 4.78 is 0. The maximum atomic E-state index is 11.2. The van der Waals surface area contributed by atoms with Crippen LogP contribution < -0.4 is 5.73 Å². The fraction of sp³-hybridized carbons (Fsp3) is 0.231. The molecule has 0 radical (unpaired) electrons. The van der Waals surface area contributed by atoms with Crippen LogP contribution in [0.3, 0.4) is 0 Å². The number of carbonyl (C=O) groups is 1. The summed E-state index contributed by atoms with van der Waals surface area (Å²) in [6.45, 7) is 4.01. The van der Waals surface area contributed by atoms with Crippen molar-refractivity contribution in [3.05, 3.63) is 35.0 Å². The molecule has 0 aliphatic heterocycles. The number of anilines is 1. The Balaban J connectivity index is 2.67. The number of hydrogen-bond acceptors (Lipinski definition) is 4. The third kappa shape index (κ3) is 2.09. The molecule has 0 spiro atoms. The number of carboxylic acids is 1. The van der Waals surface area contributed by atoms with Crippen molar-refractivity contribution in [1.82, 2.24) is 4.98 Å². The van der Waals surface area contributed by atoms with Crippen LogP contribution in [0, 0.1) is 0 Å². The van der Waals surface area contributed by atoms with E-state index in [1.165, 1.54) is 11.3 Å². The van der Waals surface area contributed by atoms with E-state index in [2.05, 4.69) is 4.98 Å². The van der Waals surface area contributed by atoms with Gasteiger partial charge in [-0.15, -0.1) is 11.3 Å². The van der Waals surface area contributed by atoms with Crippen LogP contribution >= 0.6 is 11.3 Å². The summed E-state index contributed by atoms with van der Waals surface area (Å²) in [5.74, 6) is -0.806. The molecule has 18 heavy (non-hydrogen) atoms. The lowest BCUT2D eigenvalue weighted by Crippen LogP contribution is -2.00. The maximum Gasteiger partial charge on any atom is 0.348 e. The highest BCUT2D eigenvalue weighted by Gasteiger charge is 2.23. The van der Waals surface area contributed by atoms with Gasteiger partial charge in [0.15, 0.2) is 0 Å². The molecule has 3 N–H and O–H groups in total. The minimum absolute atomic E-state index is 0.171. The molecule has 2 aromatic heterocycles. The van der Waals surface area contributed by atoms with Crippen LogP contribution in [0.15, 0.2) is 24.5 Å². The number of carboxylic acid groups (broad SMARTS) is 1. The molecule has 5 heteroatoms. The number of nitrogens with two attached hydrogens (primary N) is 1. The summed E-state index contributed by atoms with van der Waals surface area (Å²) in [6, 6.07) is 3.74. The number of nitrogens with zero attached hydrogens (tertiary/aromatic N) is 1. The maximum absolute atomic E-state index is 11.2. The highest BCUT2D eigenvalue weighted by Crippen LogP contribution is 2.42. The lowest BCUT2D eigenvalue weighted by atomic mass is 9.99. The Morgan fingerprint density at radius 1 is 1.50 bits per heavy atom. The zero-order valence-electron chi connectivity index (χ0n) is 10.2. The number of rotatable bonds is 3. The van der Waals surface area contributed by atoms with E-state index in [9.17, 15) is 4.79 Å². The van der Waals surface area contributed by atoms with Gasteiger partial charge in [-0.05, 0) is 17.5 Å². The van der Waals surface area contributed by atoms with Crippen LogP contribution in [0.25, 0.3) is 10.4 Å². The van der Waals surface area contributed by atoms with Gasteiger partial charge in [0.1, 0.15) is 4.88 Å². The largest absolute Gasteiger partial charge is 0.477 e. The topological polar surface area (TPSA) is 76.2 Å². The molecule has 0 aromatic carbocycles. The molecular formula is C13H14N2O2S. The highest BCUT2D eigenvalue weighted by atomic mass is 32.1. The number of aromatic nitrogens is 1. The first-order valence-electron chi connectivity index (χ1n) is 5.58. The molecule has 0 fully saturated rings. The Hall–Kier alpha value is -1.88. The van der Waals surface area contributed by atoms with Crippen molar-refractivity contribution in [2.75, 3.05) is 5.73 Å². The molecule has 94 valence electrons. The van der Waals surface area contributed by atoms with Gasteiger partial charge in [0.25, 0.3) is 0 Å². The molecule has 2 aromatic rings. The Bertz CT molecular complexity index is 576. The Labute approximate surface area is 109 Å². The number of pyridine rings is 1. The highest BCUT2D eigenvalue weighted by molar-refractivity contribution is 7.18. The first-order valence-corrected chi connectivity index (χ1v) is 6.39. The van der Waals surface area contributed by atoms with E-state index in [0.29, 0.717) is 5.69 Å². The molecule has 4 nitrogen and oxygen atoms in total. The molecule has 0 aliphatic rings. The smallest absolute Gasteiger partial charge is 0.348 e. The third-order valence-electron chi connectivity index (χ3n) is 2.68. The minimum Gasteiger partial charge on any atom is -0.477 e. The predicted molar refractivity (Wildman–Crippen MR) is 73.0 cm³/mol. The number of thiophene rings is 1. The van der Waals surface area contributed by atoms with Gasteiger partial charge >= 0.3 is 5.97 Å². The van der Waals surface area contributed by atoms with Gasteiger partial charge in [0.05, 0.1) is 5.69 Å². The zero-order chi connectivity index (χ0) is 13.3. The number of aromatic carboxylic acids is 1. The van der Waals surface area contributed by atoms with Crippen LogP contribution in [0.1, 0.15) is 35.0 Å². The molecule has 2 rings (SSSR count). The van der Waals surface area contributed by atoms with E-state index in [0.717, 1.165) is 16.0 Å². The SMILES string of the molecule is CC(C)c1c(-c2cccnc2)sc(C(=O)O)c1N. The van der Waals surface area contributed by atoms with E-state index in [1.54, 1.807) is 12.4 Å². The quantitative estimate of drug-likeness (QED) is 0.890. The van der Waals surface area contributed by atoms with Crippen molar-refractivity contribution >= 4 is 23.0 Å². The van der Waals surface area contributed by atoms with Crippen LogP contribution in [0.2, 0.25) is 0 Å². The Morgan fingerprint density at radius 2 is 2.22 bits per heavy atom. The number of nitrogen functional groups attached to an aromatic ring is 1. The van der Waals surface area contributed by atoms with Gasteiger partial charge in [0.2, 0.25) is 0 Å². The molecular weight excluding hydrogens is 248 g/mol. The van der Waals surface area contributed by atoms with E-state index >= 15 is 0 Å². The summed E-state index contributed by atoms with van der Waals surface area (Å²) in [4.78, 5) is 16.3. The fourth-order valence-electron chi connectivity index (χ4n) is 1.90. The average Bonchev–Trinajstić information content (AvgIpc) is 2.68.